The van der Waals surface area contributed by atoms with Crippen molar-refractivity contribution in [3.63, 3.8) is 0 Å². The van der Waals surface area contributed by atoms with Crippen LogP contribution in [0.3, 0.4) is 0 Å². The lowest BCUT2D eigenvalue weighted by Crippen LogP contribution is -2.39. The number of ether oxygens (including phenoxy) is 1. The molecule has 0 amide bonds. The van der Waals surface area contributed by atoms with Gasteiger partial charge in [-0.3, -0.25) is 14.3 Å². The molecule has 0 saturated carbocycles. The molecule has 3 rings (SSSR count). The van der Waals surface area contributed by atoms with E-state index >= 15 is 0 Å². The number of anilines is 2. The number of nitriles is 1. The summed E-state index contributed by atoms with van der Waals surface area (Å²) < 4.78 is 6.53. The number of aromatic nitrogens is 2. The topological polar surface area (TPSA) is 117 Å². The first-order valence-electron chi connectivity index (χ1n) is 9.43. The lowest BCUT2D eigenvalue weighted by atomic mass is 10.1. The van der Waals surface area contributed by atoms with E-state index in [0.717, 1.165) is 11.1 Å². The third-order valence-corrected chi connectivity index (χ3v) is 4.71. The Hall–Kier alpha value is -3.83. The number of methoxy groups -OCH3 is 1. The molecular weight excluding hydrogens is 382 g/mol. The van der Waals surface area contributed by atoms with Crippen molar-refractivity contribution in [2.24, 2.45) is 0 Å². The number of benzene rings is 2. The van der Waals surface area contributed by atoms with Gasteiger partial charge in [-0.1, -0.05) is 42.5 Å². The monoisotopic (exact) mass is 405 g/mol. The highest BCUT2D eigenvalue weighted by molar-refractivity contribution is 5.63. The van der Waals surface area contributed by atoms with Crippen molar-refractivity contribution in [1.82, 2.24) is 9.55 Å². The maximum atomic E-state index is 12.7. The molecule has 0 atom stereocenters. The average Bonchev–Trinajstić information content (AvgIpc) is 2.75. The number of nitrogens with one attached hydrogen (secondary N) is 1. The van der Waals surface area contributed by atoms with Crippen LogP contribution >= 0.6 is 0 Å². The summed E-state index contributed by atoms with van der Waals surface area (Å²) in [5, 5.41) is 9.15. The van der Waals surface area contributed by atoms with Crippen LogP contribution in [0.15, 0.2) is 64.2 Å². The second-order valence-corrected chi connectivity index (χ2v) is 6.79. The second kappa shape index (κ2) is 9.58. The minimum Gasteiger partial charge on any atom is -0.383 e. The second-order valence-electron chi connectivity index (χ2n) is 6.79. The van der Waals surface area contributed by atoms with Gasteiger partial charge in [0.05, 0.1) is 24.8 Å². The molecule has 0 aliphatic carbocycles. The molecule has 8 nitrogen and oxygen atoms in total. The van der Waals surface area contributed by atoms with E-state index in [1.54, 1.807) is 30.2 Å². The van der Waals surface area contributed by atoms with Crippen molar-refractivity contribution < 1.29 is 4.74 Å². The highest BCUT2D eigenvalue weighted by Gasteiger charge is 2.19. The van der Waals surface area contributed by atoms with Gasteiger partial charge in [0.25, 0.3) is 5.56 Å². The first-order valence-corrected chi connectivity index (χ1v) is 9.43. The number of hydrogen-bond donors (Lipinski definition) is 2. The van der Waals surface area contributed by atoms with Crippen LogP contribution in [-0.2, 0) is 17.8 Å². The number of rotatable bonds is 8. The lowest BCUT2D eigenvalue weighted by Gasteiger charge is -2.26. The van der Waals surface area contributed by atoms with Gasteiger partial charge >= 0.3 is 5.69 Å². The highest BCUT2D eigenvalue weighted by Crippen LogP contribution is 2.20. The number of nitrogens with two attached hydrogens (primary N) is 1. The number of nitrogens with zero attached hydrogens (tertiary/aromatic N) is 3. The predicted octanol–water partition coefficient (Wildman–Crippen LogP) is 1.69. The van der Waals surface area contributed by atoms with E-state index in [1.165, 1.54) is 4.57 Å². The van der Waals surface area contributed by atoms with Crippen LogP contribution in [-0.4, -0.2) is 29.8 Å². The zero-order chi connectivity index (χ0) is 21.5. The molecule has 0 aliphatic rings. The van der Waals surface area contributed by atoms with E-state index in [2.05, 4.69) is 11.1 Å². The van der Waals surface area contributed by atoms with Crippen LogP contribution in [0.5, 0.6) is 0 Å². The van der Waals surface area contributed by atoms with E-state index in [-0.39, 0.29) is 18.1 Å². The molecule has 0 fully saturated rings. The fourth-order valence-corrected chi connectivity index (χ4v) is 3.24. The van der Waals surface area contributed by atoms with Crippen molar-refractivity contribution in [3.8, 4) is 6.07 Å². The maximum Gasteiger partial charge on any atom is 0.330 e. The fraction of sp³-hybridized carbons (Fsp3) is 0.227. The third-order valence-electron chi connectivity index (χ3n) is 4.71. The minimum atomic E-state index is -0.566. The molecule has 8 heteroatoms. The molecular formula is C22H23N5O3. The molecule has 0 aliphatic heterocycles. The van der Waals surface area contributed by atoms with Crippen LogP contribution in [0, 0.1) is 11.3 Å². The van der Waals surface area contributed by atoms with Gasteiger partial charge in [-0.05, 0) is 23.3 Å². The SMILES string of the molecule is COCCN(Cc1cccc(C#N)c1)c1c(N)n(Cc2ccccc2)c(=O)[nH]c1=O. The van der Waals surface area contributed by atoms with Crippen molar-refractivity contribution in [3.05, 3.63) is 92.1 Å². The van der Waals surface area contributed by atoms with Gasteiger partial charge in [-0.2, -0.15) is 5.26 Å². The first kappa shape index (κ1) is 20.9. The molecule has 1 aromatic heterocycles. The Kier molecular flexibility index (Phi) is 6.67. The van der Waals surface area contributed by atoms with Crippen molar-refractivity contribution in [2.45, 2.75) is 13.1 Å². The van der Waals surface area contributed by atoms with Crippen LogP contribution in [0.4, 0.5) is 11.5 Å². The van der Waals surface area contributed by atoms with Gasteiger partial charge in [-0.15, -0.1) is 0 Å². The molecule has 0 unspecified atom stereocenters. The van der Waals surface area contributed by atoms with Crippen molar-refractivity contribution in [2.75, 3.05) is 30.9 Å². The first-order chi connectivity index (χ1) is 14.5. The highest BCUT2D eigenvalue weighted by atomic mass is 16.5. The zero-order valence-corrected chi connectivity index (χ0v) is 16.7. The summed E-state index contributed by atoms with van der Waals surface area (Å²) in [5.41, 5.74) is 7.64. The molecule has 0 radical (unpaired) electrons. The number of hydrogen-bond acceptors (Lipinski definition) is 6. The molecule has 154 valence electrons. The average molecular weight is 405 g/mol. The Morgan fingerprint density at radius 1 is 1.13 bits per heavy atom. The normalized spacial score (nSPS) is 10.5. The van der Waals surface area contributed by atoms with E-state index < -0.39 is 11.2 Å². The lowest BCUT2D eigenvalue weighted by molar-refractivity contribution is 0.205. The summed E-state index contributed by atoms with van der Waals surface area (Å²) in [4.78, 5) is 29.3. The minimum absolute atomic E-state index is 0.0835. The number of H-pyrrole nitrogens is 1. The zero-order valence-electron chi connectivity index (χ0n) is 16.7. The molecule has 3 N–H and O–H groups in total. The number of nitrogen functional groups attached to an aromatic ring is 1. The van der Waals surface area contributed by atoms with Crippen molar-refractivity contribution >= 4 is 11.5 Å². The predicted molar refractivity (Wildman–Crippen MR) is 115 cm³/mol. The summed E-state index contributed by atoms with van der Waals surface area (Å²) >= 11 is 0. The van der Waals surface area contributed by atoms with E-state index in [9.17, 15) is 9.59 Å². The quantitative estimate of drug-likeness (QED) is 0.589. The summed E-state index contributed by atoms with van der Waals surface area (Å²) in [6.45, 7) is 1.30. The summed E-state index contributed by atoms with van der Waals surface area (Å²) in [6, 6.07) is 18.6. The molecule has 1 heterocycles. The molecule has 3 aromatic rings. The fourth-order valence-electron chi connectivity index (χ4n) is 3.24. The van der Waals surface area contributed by atoms with Crippen molar-refractivity contribution in [1.29, 1.82) is 5.26 Å². The van der Waals surface area contributed by atoms with Crippen LogP contribution < -0.4 is 21.9 Å². The Bertz CT molecular complexity index is 1160. The Labute approximate surface area is 173 Å². The summed E-state index contributed by atoms with van der Waals surface area (Å²) in [5.74, 6) is 0.0835. The van der Waals surface area contributed by atoms with Crippen LogP contribution in [0.25, 0.3) is 0 Å². The maximum absolute atomic E-state index is 12.7. The molecule has 0 spiro atoms. The molecule has 2 aromatic carbocycles. The Balaban J connectivity index is 2.03. The standard InChI is InChI=1S/C22H23N5O3/c1-30-11-10-26(14-18-9-5-8-17(12-18)13-23)19-20(24)27(22(29)25-21(19)28)15-16-6-3-2-4-7-16/h2-9,12H,10-11,14-15,24H2,1H3,(H,25,28,29). The molecule has 0 bridgehead atoms. The smallest absolute Gasteiger partial charge is 0.330 e. The van der Waals surface area contributed by atoms with Crippen LogP contribution in [0.1, 0.15) is 16.7 Å². The van der Waals surface area contributed by atoms with E-state index in [4.69, 9.17) is 15.7 Å². The molecule has 0 saturated heterocycles. The summed E-state index contributed by atoms with van der Waals surface area (Å²) in [6.07, 6.45) is 0. The largest absolute Gasteiger partial charge is 0.383 e. The molecule has 30 heavy (non-hydrogen) atoms. The summed E-state index contributed by atoms with van der Waals surface area (Å²) in [7, 11) is 1.57. The van der Waals surface area contributed by atoms with Gasteiger partial charge in [0, 0.05) is 20.2 Å². The third kappa shape index (κ3) is 4.77. The van der Waals surface area contributed by atoms with Gasteiger partial charge in [0.1, 0.15) is 11.5 Å². The van der Waals surface area contributed by atoms with Crippen LogP contribution in [0.2, 0.25) is 0 Å². The Morgan fingerprint density at radius 3 is 2.57 bits per heavy atom. The van der Waals surface area contributed by atoms with E-state index in [0.29, 0.717) is 25.3 Å². The van der Waals surface area contributed by atoms with Gasteiger partial charge in [-0.25, -0.2) is 4.79 Å². The van der Waals surface area contributed by atoms with Gasteiger partial charge < -0.3 is 15.4 Å². The van der Waals surface area contributed by atoms with E-state index in [1.807, 2.05) is 36.4 Å². The van der Waals surface area contributed by atoms with Gasteiger partial charge in [0.15, 0.2) is 0 Å². The Morgan fingerprint density at radius 2 is 1.87 bits per heavy atom. The number of aromatic amines is 1. The van der Waals surface area contributed by atoms with Gasteiger partial charge in [0.2, 0.25) is 0 Å².